The van der Waals surface area contributed by atoms with Gasteiger partial charge in [-0.05, 0) is 31.1 Å². The summed E-state index contributed by atoms with van der Waals surface area (Å²) in [5.74, 6) is 8.30. The number of nitrogens with two attached hydrogens (primary N) is 1. The molecule has 1 aromatic heterocycles. The summed E-state index contributed by atoms with van der Waals surface area (Å²) in [7, 11) is 0. The highest BCUT2D eigenvalue weighted by molar-refractivity contribution is 5.58. The molecule has 100 valence electrons. The maximum Gasteiger partial charge on any atom is 0.148 e. The van der Waals surface area contributed by atoms with Gasteiger partial charge in [0.2, 0.25) is 0 Å². The van der Waals surface area contributed by atoms with Crippen molar-refractivity contribution in [1.82, 2.24) is 9.97 Å². The number of nitrogens with one attached hydrogen (secondary N) is 2. The first-order valence-corrected chi connectivity index (χ1v) is 6.69. The van der Waals surface area contributed by atoms with E-state index in [9.17, 15) is 0 Å². The summed E-state index contributed by atoms with van der Waals surface area (Å²) in [6, 6.07) is 0.526. The van der Waals surface area contributed by atoms with Gasteiger partial charge in [0.05, 0.1) is 0 Å². The van der Waals surface area contributed by atoms with Gasteiger partial charge in [-0.25, -0.2) is 15.8 Å². The average Bonchev–Trinajstić information content (AvgIpc) is 2.74. The lowest BCUT2D eigenvalue weighted by molar-refractivity contribution is 0.602. The molecule has 0 bridgehead atoms. The van der Waals surface area contributed by atoms with Crippen LogP contribution in [0.3, 0.4) is 0 Å². The zero-order chi connectivity index (χ0) is 13.1. The molecule has 0 aliphatic heterocycles. The smallest absolute Gasteiger partial charge is 0.148 e. The summed E-state index contributed by atoms with van der Waals surface area (Å²) in [5, 5.41) is 3.55. The first-order chi connectivity index (χ1) is 8.61. The summed E-state index contributed by atoms with van der Waals surface area (Å²) in [5.41, 5.74) is 3.73. The molecule has 4 N–H and O–H groups in total. The number of aromatic nitrogens is 2. The van der Waals surface area contributed by atoms with Crippen molar-refractivity contribution in [3.05, 3.63) is 11.9 Å². The van der Waals surface area contributed by atoms with Crippen LogP contribution in [0.15, 0.2) is 6.33 Å². The number of nitrogens with zero attached hydrogens (tertiary/aromatic N) is 2. The maximum absolute atomic E-state index is 5.52. The van der Waals surface area contributed by atoms with Gasteiger partial charge in [-0.1, -0.05) is 20.8 Å². The largest absolute Gasteiger partial charge is 0.367 e. The molecule has 1 aliphatic rings. The van der Waals surface area contributed by atoms with Gasteiger partial charge in [-0.3, -0.25) is 0 Å². The third-order valence-electron chi connectivity index (χ3n) is 3.63. The number of hydrogen-bond donors (Lipinski definition) is 3. The minimum Gasteiger partial charge on any atom is -0.367 e. The zero-order valence-electron chi connectivity index (χ0n) is 11.4. The lowest BCUT2D eigenvalue weighted by Crippen LogP contribution is -2.20. The number of nitrogen functional groups attached to an aromatic ring is 1. The molecule has 0 aromatic carbocycles. The van der Waals surface area contributed by atoms with Crippen LogP contribution in [0.4, 0.5) is 11.6 Å². The van der Waals surface area contributed by atoms with Gasteiger partial charge in [0.25, 0.3) is 0 Å². The van der Waals surface area contributed by atoms with Crippen molar-refractivity contribution in [1.29, 1.82) is 0 Å². The summed E-state index contributed by atoms with van der Waals surface area (Å²) in [6.45, 7) is 6.56. The Hall–Kier alpha value is -1.36. The highest BCUT2D eigenvalue weighted by Crippen LogP contribution is 2.32. The quantitative estimate of drug-likeness (QED) is 0.564. The summed E-state index contributed by atoms with van der Waals surface area (Å²) >= 11 is 0. The molecule has 2 unspecified atom stereocenters. The van der Waals surface area contributed by atoms with Gasteiger partial charge in [0.1, 0.15) is 18.0 Å². The minimum absolute atomic E-state index is 0.332. The van der Waals surface area contributed by atoms with E-state index in [1.54, 1.807) is 6.33 Å². The molecular formula is C13H23N5. The molecule has 0 radical (unpaired) electrons. The van der Waals surface area contributed by atoms with E-state index in [1.165, 1.54) is 19.3 Å². The Morgan fingerprint density at radius 3 is 2.56 bits per heavy atom. The zero-order valence-corrected chi connectivity index (χ0v) is 11.4. The van der Waals surface area contributed by atoms with E-state index >= 15 is 0 Å². The number of hydrogen-bond acceptors (Lipinski definition) is 5. The molecule has 1 aliphatic carbocycles. The first-order valence-electron chi connectivity index (χ1n) is 6.69. The van der Waals surface area contributed by atoms with Gasteiger partial charge in [0.15, 0.2) is 0 Å². The van der Waals surface area contributed by atoms with Gasteiger partial charge < -0.3 is 10.7 Å². The van der Waals surface area contributed by atoms with Crippen molar-refractivity contribution >= 4 is 11.6 Å². The Bertz CT molecular complexity index is 404. The van der Waals surface area contributed by atoms with Crippen LogP contribution in [0.25, 0.3) is 0 Å². The van der Waals surface area contributed by atoms with E-state index in [-0.39, 0.29) is 0 Å². The Labute approximate surface area is 109 Å². The highest BCUT2D eigenvalue weighted by Gasteiger charge is 2.23. The van der Waals surface area contributed by atoms with Gasteiger partial charge in [-0.15, -0.1) is 0 Å². The van der Waals surface area contributed by atoms with Crippen LogP contribution < -0.4 is 16.6 Å². The second kappa shape index (κ2) is 5.52. The molecule has 1 heterocycles. The van der Waals surface area contributed by atoms with E-state index in [0.29, 0.717) is 17.8 Å². The summed E-state index contributed by atoms with van der Waals surface area (Å²) < 4.78 is 0. The molecule has 0 spiro atoms. The van der Waals surface area contributed by atoms with E-state index < -0.39 is 0 Å². The lowest BCUT2D eigenvalue weighted by Gasteiger charge is -2.19. The number of hydrazine groups is 1. The van der Waals surface area contributed by atoms with E-state index in [1.807, 2.05) is 0 Å². The average molecular weight is 249 g/mol. The molecule has 5 heteroatoms. The Morgan fingerprint density at radius 2 is 2.00 bits per heavy atom. The molecule has 1 saturated carbocycles. The lowest BCUT2D eigenvalue weighted by atomic mass is 10.0. The molecule has 0 saturated heterocycles. The van der Waals surface area contributed by atoms with Crippen LogP contribution in [0.1, 0.15) is 51.5 Å². The van der Waals surface area contributed by atoms with Gasteiger partial charge in [0, 0.05) is 11.6 Å². The second-order valence-electron chi connectivity index (χ2n) is 5.54. The van der Waals surface area contributed by atoms with E-state index in [2.05, 4.69) is 41.5 Å². The maximum atomic E-state index is 5.52. The number of anilines is 2. The molecular weight excluding hydrogens is 226 g/mol. The third-order valence-corrected chi connectivity index (χ3v) is 3.63. The van der Waals surface area contributed by atoms with Crippen LogP contribution in [0.2, 0.25) is 0 Å². The van der Waals surface area contributed by atoms with Gasteiger partial charge >= 0.3 is 0 Å². The summed E-state index contributed by atoms with van der Waals surface area (Å²) in [4.78, 5) is 8.56. The normalized spacial score (nSPS) is 23.4. The highest BCUT2D eigenvalue weighted by atomic mass is 15.3. The topological polar surface area (TPSA) is 75.9 Å². The molecule has 1 fully saturated rings. The molecule has 0 amide bonds. The van der Waals surface area contributed by atoms with Crippen molar-refractivity contribution in [3.8, 4) is 0 Å². The SMILES string of the molecule is CC1CCC(Nc2ncnc(NN)c2C(C)C)C1. The predicted octanol–water partition coefficient (Wildman–Crippen LogP) is 2.49. The van der Waals surface area contributed by atoms with E-state index in [4.69, 9.17) is 5.84 Å². The minimum atomic E-state index is 0.332. The molecule has 2 atom stereocenters. The van der Waals surface area contributed by atoms with Crippen molar-refractivity contribution in [2.75, 3.05) is 10.7 Å². The van der Waals surface area contributed by atoms with Crippen LogP contribution in [0, 0.1) is 5.92 Å². The van der Waals surface area contributed by atoms with Crippen molar-refractivity contribution < 1.29 is 0 Å². The predicted molar refractivity (Wildman–Crippen MR) is 74.4 cm³/mol. The standard InChI is InChI=1S/C13H23N5/c1-8(2)11-12(15-7-16-13(11)18-14)17-10-5-4-9(3)6-10/h7-10H,4-6,14H2,1-3H3,(H2,15,16,17,18). The fourth-order valence-corrected chi connectivity index (χ4v) is 2.70. The third kappa shape index (κ3) is 2.72. The molecule has 1 aromatic rings. The fourth-order valence-electron chi connectivity index (χ4n) is 2.70. The van der Waals surface area contributed by atoms with Gasteiger partial charge in [-0.2, -0.15) is 0 Å². The molecule has 18 heavy (non-hydrogen) atoms. The van der Waals surface area contributed by atoms with E-state index in [0.717, 1.165) is 17.3 Å². The summed E-state index contributed by atoms with van der Waals surface area (Å²) in [6.07, 6.45) is 5.28. The van der Waals surface area contributed by atoms with Crippen LogP contribution in [0.5, 0.6) is 0 Å². The van der Waals surface area contributed by atoms with Crippen LogP contribution in [-0.2, 0) is 0 Å². The van der Waals surface area contributed by atoms with Crippen molar-refractivity contribution in [2.45, 2.75) is 52.0 Å². The Balaban J connectivity index is 2.21. The Kier molecular flexibility index (Phi) is 4.01. The molecule has 2 rings (SSSR count). The first kappa shape index (κ1) is 13.1. The van der Waals surface area contributed by atoms with Crippen LogP contribution in [-0.4, -0.2) is 16.0 Å². The monoisotopic (exact) mass is 249 g/mol. The van der Waals surface area contributed by atoms with Crippen molar-refractivity contribution in [2.24, 2.45) is 11.8 Å². The van der Waals surface area contributed by atoms with Crippen molar-refractivity contribution in [3.63, 3.8) is 0 Å². The number of rotatable bonds is 4. The molecule has 5 nitrogen and oxygen atoms in total. The Morgan fingerprint density at radius 1 is 1.28 bits per heavy atom. The second-order valence-corrected chi connectivity index (χ2v) is 5.54. The van der Waals surface area contributed by atoms with Crippen LogP contribution >= 0.6 is 0 Å². The fraction of sp³-hybridized carbons (Fsp3) is 0.692.